The maximum absolute atomic E-state index is 2.34. The van der Waals surface area contributed by atoms with Crippen LogP contribution in [0.4, 0.5) is 0 Å². The molecule has 0 aliphatic heterocycles. The van der Waals surface area contributed by atoms with Crippen LogP contribution in [0.2, 0.25) is 0 Å². The van der Waals surface area contributed by atoms with Gasteiger partial charge in [-0.05, 0) is 131 Å². The molecule has 0 saturated carbocycles. The zero-order chi connectivity index (χ0) is 73.8. The molecule has 0 aromatic carbocycles. The first-order valence-electron chi connectivity index (χ1n) is 41.3. The van der Waals surface area contributed by atoms with Gasteiger partial charge in [-0.25, -0.2) is 54.8 Å². The molecule has 12 nitrogen and oxygen atoms in total. The molecule has 0 unspecified atom stereocenters. The van der Waals surface area contributed by atoms with E-state index >= 15 is 0 Å². The molecule has 0 N–H and O–H groups in total. The molecular formula is C96H122N12+12. The molecular weight excluding hydrogens is 1320 g/mol. The first-order valence-corrected chi connectivity index (χ1v) is 41.3. The predicted molar refractivity (Wildman–Crippen MR) is 427 cm³/mol. The molecule has 12 aromatic heterocycles. The van der Waals surface area contributed by atoms with E-state index in [2.05, 4.69) is 363 Å². The molecule has 0 aliphatic carbocycles. The van der Waals surface area contributed by atoms with E-state index in [1.165, 1.54) is 195 Å². The first-order chi connectivity index (χ1) is 53.4. The van der Waals surface area contributed by atoms with Crippen LogP contribution in [-0.4, -0.2) is 0 Å². The Kier molecular flexibility index (Phi) is 30.8. The third kappa shape index (κ3) is 25.2. The van der Waals surface area contributed by atoms with Crippen LogP contribution in [0.1, 0.15) is 155 Å². The monoisotopic (exact) mass is 1440 g/mol. The fourth-order valence-electron chi connectivity index (χ4n) is 14.8. The van der Waals surface area contributed by atoms with Crippen molar-refractivity contribution in [3.63, 3.8) is 0 Å². The van der Waals surface area contributed by atoms with Crippen molar-refractivity contribution in [2.75, 3.05) is 0 Å². The highest BCUT2D eigenvalue weighted by atomic mass is 15.0. The summed E-state index contributed by atoms with van der Waals surface area (Å²) < 4.78 is 27.9. The lowest BCUT2D eigenvalue weighted by Crippen LogP contribution is -2.33. The van der Waals surface area contributed by atoms with Crippen molar-refractivity contribution in [2.24, 2.45) is 0 Å². The third-order valence-electron chi connectivity index (χ3n) is 21.6. The zero-order valence-electron chi connectivity index (χ0n) is 65.1. The number of rotatable bonds is 45. The second-order valence-electron chi connectivity index (χ2n) is 30.0. The second-order valence-corrected chi connectivity index (χ2v) is 30.0. The molecule has 0 aliphatic rings. The fraction of sp³-hybridized carbons (Fsp3) is 0.375. The summed E-state index contributed by atoms with van der Waals surface area (Å²) in [4.78, 5) is 0. The molecule has 108 heavy (non-hydrogen) atoms. The second kappa shape index (κ2) is 43.0. The first kappa shape index (κ1) is 77.4. The zero-order valence-corrected chi connectivity index (χ0v) is 65.1. The Morgan fingerprint density at radius 2 is 0.204 bits per heavy atom. The van der Waals surface area contributed by atoms with Gasteiger partial charge in [0.05, 0.1) is 0 Å². The molecule has 0 fully saturated rings. The minimum absolute atomic E-state index is 1.06. The van der Waals surface area contributed by atoms with Crippen molar-refractivity contribution < 1.29 is 54.8 Å². The Morgan fingerprint density at radius 3 is 0.287 bits per heavy atom. The van der Waals surface area contributed by atoms with Crippen LogP contribution in [0.3, 0.4) is 0 Å². The van der Waals surface area contributed by atoms with Gasteiger partial charge in [0.15, 0.2) is 149 Å². The Labute approximate surface area is 645 Å². The minimum atomic E-state index is 1.06. The van der Waals surface area contributed by atoms with Gasteiger partial charge < -0.3 is 0 Å². The SMILES string of the molecule is CCC[n+]1ccc(-c2cc[n+](CCCCCC[n+]3ccc(-c4cc[n+](CCCCCC[n+]5ccc(-c6cc[n+](CCCCCC[n+]7ccc(-c8cc[n+](CCCCCC[n+]9ccc(-c%10cc[n+](CCCCCC[n+]%11ccc(-c%12cc[n+](CCC)cc%12)cc%11)cc%10)cc9)cc8)cc7)cc6)cc5)cc4)cc3)cc2)cc1. The van der Waals surface area contributed by atoms with Crippen molar-refractivity contribution in [3.8, 4) is 66.8 Å². The number of hydrogen-bond acceptors (Lipinski definition) is 0. The summed E-state index contributed by atoms with van der Waals surface area (Å²) in [5, 5.41) is 0. The molecule has 12 heteroatoms. The van der Waals surface area contributed by atoms with Gasteiger partial charge in [0, 0.05) is 223 Å². The predicted octanol–water partition coefficient (Wildman–Crippen LogP) is 15.3. The lowest BCUT2D eigenvalue weighted by molar-refractivity contribution is -0.699. The molecule has 12 aromatic rings. The number of aryl methyl sites for hydroxylation is 12. The van der Waals surface area contributed by atoms with Crippen molar-refractivity contribution in [1.82, 2.24) is 0 Å². The maximum Gasteiger partial charge on any atom is 0.169 e. The number of nitrogens with zero attached hydrogens (tertiary/aromatic N) is 12. The van der Waals surface area contributed by atoms with Gasteiger partial charge in [0.25, 0.3) is 0 Å². The van der Waals surface area contributed by atoms with Gasteiger partial charge in [-0.15, -0.1) is 0 Å². The van der Waals surface area contributed by atoms with Gasteiger partial charge in [-0.2, -0.15) is 0 Å². The van der Waals surface area contributed by atoms with Crippen LogP contribution in [0, 0.1) is 0 Å². The summed E-state index contributed by atoms with van der Waals surface area (Å²) in [6, 6.07) is 54.2. The molecule has 0 bridgehead atoms. The van der Waals surface area contributed by atoms with Gasteiger partial charge in [0.2, 0.25) is 0 Å². The molecule has 0 spiro atoms. The molecule has 12 rings (SSSR count). The number of hydrogen-bond donors (Lipinski definition) is 0. The number of unbranched alkanes of at least 4 members (excludes halogenated alkanes) is 15. The van der Waals surface area contributed by atoms with Crippen LogP contribution >= 0.6 is 0 Å². The minimum Gasteiger partial charge on any atom is -0.205 e. The lowest BCUT2D eigenvalue weighted by Gasteiger charge is -2.03. The molecule has 0 saturated heterocycles. The van der Waals surface area contributed by atoms with Gasteiger partial charge in [-0.1, -0.05) is 13.8 Å². The van der Waals surface area contributed by atoms with Crippen LogP contribution in [-0.2, 0) is 78.5 Å². The topological polar surface area (TPSA) is 46.6 Å². The van der Waals surface area contributed by atoms with E-state index in [-0.39, 0.29) is 0 Å². The van der Waals surface area contributed by atoms with E-state index in [9.17, 15) is 0 Å². The average molecular weight is 1440 g/mol. The van der Waals surface area contributed by atoms with Crippen molar-refractivity contribution in [1.29, 1.82) is 0 Å². The van der Waals surface area contributed by atoms with Crippen LogP contribution in [0.15, 0.2) is 294 Å². The molecule has 0 atom stereocenters. The summed E-state index contributed by atoms with van der Waals surface area (Å²) in [5.74, 6) is 0. The van der Waals surface area contributed by atoms with E-state index in [4.69, 9.17) is 0 Å². The smallest absolute Gasteiger partial charge is 0.169 e. The summed E-state index contributed by atoms with van der Waals surface area (Å²) in [6.45, 7) is 17.2. The summed E-state index contributed by atoms with van der Waals surface area (Å²) in [5.41, 5.74) is 15.3. The lowest BCUT2D eigenvalue weighted by atomic mass is 10.1. The van der Waals surface area contributed by atoms with Crippen molar-refractivity contribution >= 4 is 0 Å². The molecule has 0 amide bonds. The van der Waals surface area contributed by atoms with E-state index < -0.39 is 0 Å². The Hall–Kier alpha value is -10.2. The highest BCUT2D eigenvalue weighted by Gasteiger charge is 2.15. The standard InChI is InChI=1S/C96H122N12/c1-3-49-97-61-25-85(26-62-97)87-29-65-99(66-30-87)51-15-5-7-17-53-101-69-33-89(34-70-101)91-37-73-103(74-38-91)55-19-9-11-21-57-105-77-41-93(42-78-105)95-45-81-107(82-46-95)59-23-13-14-24-60-108-83-47-96(48-84-108)94-43-79-106(80-44-94)58-22-12-10-20-56-104-75-39-92(40-76-104)90-35-71-102(72-36-90)54-18-8-6-16-52-100-67-31-88(32-68-100)86-27-63-98(50-4-2)64-28-86/h25-48,61-84H,3-24,49-60H2,1-2H3/q+12. The quantitative estimate of drug-likeness (QED) is 0.0270. The highest BCUT2D eigenvalue weighted by Crippen LogP contribution is 2.22. The Bertz CT molecular complexity index is 4200. The summed E-state index contributed by atoms with van der Waals surface area (Å²) in [6.07, 6.45) is 80.4. The largest absolute Gasteiger partial charge is 0.205 e. The molecule has 0 radical (unpaired) electrons. The number of aromatic nitrogens is 12. The summed E-state index contributed by atoms with van der Waals surface area (Å²) >= 11 is 0. The van der Waals surface area contributed by atoms with Crippen LogP contribution in [0.5, 0.6) is 0 Å². The van der Waals surface area contributed by atoms with E-state index in [1.54, 1.807) is 0 Å². The van der Waals surface area contributed by atoms with E-state index in [0.717, 1.165) is 91.4 Å². The third-order valence-corrected chi connectivity index (χ3v) is 21.6. The van der Waals surface area contributed by atoms with E-state index in [0.29, 0.717) is 0 Å². The van der Waals surface area contributed by atoms with Crippen LogP contribution < -0.4 is 54.8 Å². The Morgan fingerprint density at radius 1 is 0.120 bits per heavy atom. The van der Waals surface area contributed by atoms with Gasteiger partial charge in [0.1, 0.15) is 78.5 Å². The maximum atomic E-state index is 2.34. The molecule has 12 heterocycles. The highest BCUT2D eigenvalue weighted by molar-refractivity contribution is 5.64. The van der Waals surface area contributed by atoms with Crippen molar-refractivity contribution in [2.45, 2.75) is 234 Å². The Balaban J connectivity index is 0.443. The van der Waals surface area contributed by atoms with Crippen LogP contribution in [0.25, 0.3) is 66.8 Å². The van der Waals surface area contributed by atoms with Gasteiger partial charge >= 0.3 is 0 Å². The number of pyridine rings is 12. The summed E-state index contributed by atoms with van der Waals surface area (Å²) in [7, 11) is 0. The normalized spacial score (nSPS) is 11.4. The van der Waals surface area contributed by atoms with Gasteiger partial charge in [-0.3, -0.25) is 0 Å². The molecule has 554 valence electrons. The van der Waals surface area contributed by atoms with E-state index in [1.807, 2.05) is 0 Å². The fourth-order valence-corrected chi connectivity index (χ4v) is 14.8. The average Bonchev–Trinajstić information content (AvgIpc) is 0.885. The van der Waals surface area contributed by atoms with Crippen molar-refractivity contribution in [3.05, 3.63) is 294 Å².